The average Bonchev–Trinajstić information content (AvgIpc) is 2.65. The summed E-state index contributed by atoms with van der Waals surface area (Å²) in [4.78, 5) is 0. The summed E-state index contributed by atoms with van der Waals surface area (Å²) in [6, 6.07) is 1.97. The lowest BCUT2D eigenvalue weighted by Crippen LogP contribution is -2.00. The summed E-state index contributed by atoms with van der Waals surface area (Å²) in [5, 5.41) is 3.89. The second-order valence-electron chi connectivity index (χ2n) is 3.17. The number of methoxy groups -OCH3 is 2. The maximum Gasteiger partial charge on any atom is 0.179 e. The Hall–Kier alpha value is -0.930. The summed E-state index contributed by atoms with van der Waals surface area (Å²) >= 11 is 6.19. The summed E-state index contributed by atoms with van der Waals surface area (Å²) in [7, 11) is 3.21. The van der Waals surface area contributed by atoms with Crippen molar-refractivity contribution in [3.63, 3.8) is 0 Å². The second-order valence-corrected chi connectivity index (χ2v) is 3.55. The van der Waals surface area contributed by atoms with Crippen LogP contribution in [0.25, 0.3) is 0 Å². The third-order valence-electron chi connectivity index (χ3n) is 2.42. The van der Waals surface area contributed by atoms with Crippen molar-refractivity contribution in [1.29, 1.82) is 0 Å². The predicted octanol–water partition coefficient (Wildman–Crippen LogP) is 1.96. The minimum atomic E-state index is 0.622. The number of nitrogens with one attached hydrogen (secondary N) is 1. The molecule has 0 saturated carbocycles. The van der Waals surface area contributed by atoms with Gasteiger partial charge in [-0.3, -0.25) is 0 Å². The van der Waals surface area contributed by atoms with E-state index in [1.807, 2.05) is 6.07 Å². The monoisotopic (exact) mass is 213 g/mol. The summed E-state index contributed by atoms with van der Waals surface area (Å²) in [6.07, 6.45) is 0. The first-order chi connectivity index (χ1) is 6.77. The topological polar surface area (TPSA) is 30.5 Å². The fraction of sp³-hybridized carbons (Fsp3) is 0.400. The zero-order valence-corrected chi connectivity index (χ0v) is 8.94. The Morgan fingerprint density at radius 2 is 2.07 bits per heavy atom. The molecule has 0 aliphatic carbocycles. The van der Waals surface area contributed by atoms with Gasteiger partial charge in [0, 0.05) is 13.1 Å². The molecule has 0 unspecified atom stereocenters. The van der Waals surface area contributed by atoms with Gasteiger partial charge < -0.3 is 14.8 Å². The molecule has 1 aromatic rings. The van der Waals surface area contributed by atoms with Crippen LogP contribution in [0.3, 0.4) is 0 Å². The van der Waals surface area contributed by atoms with Gasteiger partial charge in [-0.05, 0) is 17.2 Å². The highest BCUT2D eigenvalue weighted by Gasteiger charge is 2.20. The van der Waals surface area contributed by atoms with E-state index in [2.05, 4.69) is 5.32 Å². The predicted molar refractivity (Wildman–Crippen MR) is 55.1 cm³/mol. The molecule has 0 bridgehead atoms. The van der Waals surface area contributed by atoms with Crippen LogP contribution in [0, 0.1) is 0 Å². The third kappa shape index (κ3) is 1.33. The maximum atomic E-state index is 6.19. The van der Waals surface area contributed by atoms with Crippen LogP contribution < -0.4 is 14.8 Å². The molecule has 0 saturated heterocycles. The fourth-order valence-electron chi connectivity index (χ4n) is 1.71. The highest BCUT2D eigenvalue weighted by Crippen LogP contribution is 2.40. The fourth-order valence-corrected chi connectivity index (χ4v) is 2.07. The second kappa shape index (κ2) is 3.67. The molecule has 14 heavy (non-hydrogen) atoms. The summed E-state index contributed by atoms with van der Waals surface area (Å²) in [5.74, 6) is 1.32. The summed E-state index contributed by atoms with van der Waals surface area (Å²) < 4.78 is 10.4. The Morgan fingerprint density at radius 1 is 1.29 bits per heavy atom. The molecule has 1 aliphatic heterocycles. The van der Waals surface area contributed by atoms with Crippen LogP contribution in [0.15, 0.2) is 6.07 Å². The van der Waals surface area contributed by atoms with E-state index in [9.17, 15) is 0 Å². The van der Waals surface area contributed by atoms with E-state index in [4.69, 9.17) is 21.1 Å². The molecule has 0 radical (unpaired) electrons. The maximum absolute atomic E-state index is 6.19. The van der Waals surface area contributed by atoms with Crippen LogP contribution in [0.2, 0.25) is 5.02 Å². The average molecular weight is 214 g/mol. The Bertz CT molecular complexity index is 366. The SMILES string of the molecule is COc1cc2c(c(Cl)c1OC)CNC2. The van der Waals surface area contributed by atoms with Crippen LogP contribution >= 0.6 is 11.6 Å². The Balaban J connectivity index is 2.60. The van der Waals surface area contributed by atoms with Crippen LogP contribution in [-0.4, -0.2) is 14.2 Å². The van der Waals surface area contributed by atoms with Crippen molar-refractivity contribution in [1.82, 2.24) is 5.32 Å². The molecule has 1 aliphatic rings. The molecule has 0 aromatic heterocycles. The first-order valence-electron chi connectivity index (χ1n) is 4.41. The minimum Gasteiger partial charge on any atom is -0.493 e. The summed E-state index contributed by atoms with van der Waals surface area (Å²) in [5.41, 5.74) is 2.30. The number of ether oxygens (including phenoxy) is 2. The Labute approximate surface area is 88.0 Å². The molecule has 1 heterocycles. The number of halogens is 1. The van der Waals surface area contributed by atoms with E-state index in [-0.39, 0.29) is 0 Å². The number of fused-ring (bicyclic) bond motifs is 1. The van der Waals surface area contributed by atoms with E-state index < -0.39 is 0 Å². The zero-order chi connectivity index (χ0) is 10.1. The molecule has 4 heteroatoms. The number of rotatable bonds is 2. The van der Waals surface area contributed by atoms with E-state index in [1.54, 1.807) is 14.2 Å². The third-order valence-corrected chi connectivity index (χ3v) is 2.82. The minimum absolute atomic E-state index is 0.622. The smallest absolute Gasteiger partial charge is 0.179 e. The first-order valence-corrected chi connectivity index (χ1v) is 4.78. The molecule has 2 rings (SSSR count). The van der Waals surface area contributed by atoms with E-state index in [0.717, 1.165) is 18.7 Å². The van der Waals surface area contributed by atoms with Crippen LogP contribution in [0.4, 0.5) is 0 Å². The molecular formula is C10H12ClNO2. The molecule has 0 fully saturated rings. The molecule has 3 nitrogen and oxygen atoms in total. The largest absolute Gasteiger partial charge is 0.493 e. The van der Waals surface area contributed by atoms with Gasteiger partial charge in [-0.25, -0.2) is 0 Å². The first kappa shape index (κ1) is 9.62. The Morgan fingerprint density at radius 3 is 2.71 bits per heavy atom. The van der Waals surface area contributed by atoms with Gasteiger partial charge >= 0.3 is 0 Å². The Kier molecular flexibility index (Phi) is 2.52. The quantitative estimate of drug-likeness (QED) is 0.815. The number of benzene rings is 1. The van der Waals surface area contributed by atoms with Gasteiger partial charge in [0.05, 0.1) is 19.2 Å². The van der Waals surface area contributed by atoms with Crippen molar-refractivity contribution in [3.05, 3.63) is 22.2 Å². The summed E-state index contributed by atoms with van der Waals surface area (Å²) in [6.45, 7) is 1.64. The van der Waals surface area contributed by atoms with E-state index >= 15 is 0 Å². The molecule has 1 N–H and O–H groups in total. The van der Waals surface area contributed by atoms with Crippen molar-refractivity contribution in [2.45, 2.75) is 13.1 Å². The van der Waals surface area contributed by atoms with Gasteiger partial charge in [-0.2, -0.15) is 0 Å². The van der Waals surface area contributed by atoms with Crippen molar-refractivity contribution in [2.24, 2.45) is 0 Å². The van der Waals surface area contributed by atoms with Gasteiger partial charge in [-0.15, -0.1) is 0 Å². The number of hydrogen-bond donors (Lipinski definition) is 1. The van der Waals surface area contributed by atoms with Gasteiger partial charge in [0.15, 0.2) is 11.5 Å². The van der Waals surface area contributed by atoms with Gasteiger partial charge in [0.1, 0.15) is 0 Å². The molecule has 0 amide bonds. The molecule has 1 aromatic carbocycles. The lowest BCUT2D eigenvalue weighted by atomic mass is 10.1. The van der Waals surface area contributed by atoms with Crippen molar-refractivity contribution in [3.8, 4) is 11.5 Å². The van der Waals surface area contributed by atoms with Crippen LogP contribution in [0.5, 0.6) is 11.5 Å². The van der Waals surface area contributed by atoms with Crippen molar-refractivity contribution >= 4 is 11.6 Å². The number of hydrogen-bond acceptors (Lipinski definition) is 3. The van der Waals surface area contributed by atoms with E-state index in [1.165, 1.54) is 5.56 Å². The van der Waals surface area contributed by atoms with Crippen molar-refractivity contribution < 1.29 is 9.47 Å². The van der Waals surface area contributed by atoms with Gasteiger partial charge in [0.2, 0.25) is 0 Å². The lowest BCUT2D eigenvalue weighted by Gasteiger charge is -2.12. The highest BCUT2D eigenvalue weighted by atomic mass is 35.5. The van der Waals surface area contributed by atoms with Gasteiger partial charge in [0.25, 0.3) is 0 Å². The van der Waals surface area contributed by atoms with Gasteiger partial charge in [-0.1, -0.05) is 11.6 Å². The highest BCUT2D eigenvalue weighted by molar-refractivity contribution is 6.33. The van der Waals surface area contributed by atoms with Crippen LogP contribution in [-0.2, 0) is 13.1 Å². The molecule has 0 atom stereocenters. The normalized spacial score (nSPS) is 13.9. The standard InChI is InChI=1S/C10H12ClNO2/c1-13-8-3-6-4-12-5-7(6)9(11)10(8)14-2/h3,12H,4-5H2,1-2H3. The molecule has 0 spiro atoms. The zero-order valence-electron chi connectivity index (χ0n) is 8.19. The van der Waals surface area contributed by atoms with Crippen LogP contribution in [0.1, 0.15) is 11.1 Å². The van der Waals surface area contributed by atoms with E-state index in [0.29, 0.717) is 16.5 Å². The molecular weight excluding hydrogens is 202 g/mol. The molecule has 76 valence electrons. The lowest BCUT2D eigenvalue weighted by molar-refractivity contribution is 0.354. The van der Waals surface area contributed by atoms with Crippen molar-refractivity contribution in [2.75, 3.05) is 14.2 Å².